The number of nitrogens with two attached hydrogens (primary N) is 1. The van der Waals surface area contributed by atoms with Crippen LogP contribution in [-0.4, -0.2) is 20.3 Å². The molecule has 108 valence electrons. The van der Waals surface area contributed by atoms with Crippen LogP contribution in [0, 0.1) is 0 Å². The van der Waals surface area contributed by atoms with Crippen LogP contribution in [0.4, 0.5) is 0 Å². The minimum Gasteiger partial charge on any atom is -0.496 e. The third-order valence-electron chi connectivity index (χ3n) is 3.49. The summed E-state index contributed by atoms with van der Waals surface area (Å²) in [4.78, 5) is 0. The summed E-state index contributed by atoms with van der Waals surface area (Å²) in [5.74, 6) is 1.88. The van der Waals surface area contributed by atoms with Gasteiger partial charge in [0.05, 0.1) is 14.2 Å². The average Bonchev–Trinajstić information content (AvgIpc) is 2.44. The van der Waals surface area contributed by atoms with E-state index in [-0.39, 0.29) is 6.04 Å². The lowest BCUT2D eigenvalue weighted by Gasteiger charge is -2.17. The fourth-order valence-electron chi connectivity index (χ4n) is 2.17. The van der Waals surface area contributed by atoms with Crippen molar-refractivity contribution in [2.75, 3.05) is 14.2 Å². The second-order valence-corrected chi connectivity index (χ2v) is 4.95. The third kappa shape index (κ3) is 4.43. The molecule has 0 aliphatic heterocycles. The SMILES string of the molecule is CCCCc1cc(OC)c(CC(N)CC)cc1OC. The molecule has 0 saturated heterocycles. The van der Waals surface area contributed by atoms with Crippen molar-refractivity contribution in [2.45, 2.75) is 52.0 Å². The fraction of sp³-hybridized carbons (Fsp3) is 0.625. The highest BCUT2D eigenvalue weighted by Gasteiger charge is 2.13. The zero-order valence-corrected chi connectivity index (χ0v) is 12.7. The molecule has 0 spiro atoms. The van der Waals surface area contributed by atoms with Crippen LogP contribution in [0.15, 0.2) is 12.1 Å². The van der Waals surface area contributed by atoms with Gasteiger partial charge in [-0.2, -0.15) is 0 Å². The number of rotatable bonds is 8. The lowest BCUT2D eigenvalue weighted by molar-refractivity contribution is 0.392. The summed E-state index contributed by atoms with van der Waals surface area (Å²) in [5, 5.41) is 0. The molecular formula is C16H27NO2. The van der Waals surface area contributed by atoms with Gasteiger partial charge in [0.25, 0.3) is 0 Å². The molecule has 1 atom stereocenters. The molecule has 0 bridgehead atoms. The van der Waals surface area contributed by atoms with Gasteiger partial charge in [0.1, 0.15) is 11.5 Å². The molecule has 0 saturated carbocycles. The molecule has 1 aromatic carbocycles. The first-order valence-corrected chi connectivity index (χ1v) is 7.15. The first-order chi connectivity index (χ1) is 9.15. The summed E-state index contributed by atoms with van der Waals surface area (Å²) in [6.07, 6.45) is 5.14. The maximum atomic E-state index is 6.04. The van der Waals surface area contributed by atoms with Gasteiger partial charge in [-0.3, -0.25) is 0 Å². The number of hydrogen-bond acceptors (Lipinski definition) is 3. The first-order valence-electron chi connectivity index (χ1n) is 7.15. The van der Waals surface area contributed by atoms with E-state index >= 15 is 0 Å². The van der Waals surface area contributed by atoms with E-state index in [1.807, 2.05) is 0 Å². The molecule has 3 heteroatoms. The third-order valence-corrected chi connectivity index (χ3v) is 3.49. The maximum absolute atomic E-state index is 6.04. The van der Waals surface area contributed by atoms with Crippen molar-refractivity contribution < 1.29 is 9.47 Å². The summed E-state index contributed by atoms with van der Waals surface area (Å²) < 4.78 is 11.0. The normalized spacial score (nSPS) is 12.3. The number of benzene rings is 1. The van der Waals surface area contributed by atoms with Crippen molar-refractivity contribution in [3.63, 3.8) is 0 Å². The van der Waals surface area contributed by atoms with E-state index in [0.717, 1.165) is 42.7 Å². The largest absolute Gasteiger partial charge is 0.496 e. The number of aryl methyl sites for hydroxylation is 1. The van der Waals surface area contributed by atoms with Crippen molar-refractivity contribution in [1.82, 2.24) is 0 Å². The second-order valence-electron chi connectivity index (χ2n) is 4.95. The van der Waals surface area contributed by atoms with Gasteiger partial charge in [-0.25, -0.2) is 0 Å². The molecule has 0 radical (unpaired) electrons. The molecule has 19 heavy (non-hydrogen) atoms. The second kappa shape index (κ2) is 8.05. The van der Waals surface area contributed by atoms with Gasteiger partial charge in [0.2, 0.25) is 0 Å². The van der Waals surface area contributed by atoms with Crippen LogP contribution in [0.1, 0.15) is 44.2 Å². The Morgan fingerprint density at radius 1 is 1.05 bits per heavy atom. The average molecular weight is 265 g/mol. The standard InChI is InChI=1S/C16H27NO2/c1-5-7-8-12-10-16(19-4)13(9-14(17)6-2)11-15(12)18-3/h10-11,14H,5-9,17H2,1-4H3. The minimum absolute atomic E-state index is 0.167. The molecule has 1 rings (SSSR count). The number of ether oxygens (including phenoxy) is 2. The van der Waals surface area contributed by atoms with Crippen LogP contribution in [-0.2, 0) is 12.8 Å². The van der Waals surface area contributed by atoms with E-state index < -0.39 is 0 Å². The van der Waals surface area contributed by atoms with Gasteiger partial charge in [-0.1, -0.05) is 20.3 Å². The molecule has 0 heterocycles. The predicted molar refractivity (Wildman–Crippen MR) is 80.1 cm³/mol. The van der Waals surface area contributed by atoms with Crippen LogP contribution < -0.4 is 15.2 Å². The highest BCUT2D eigenvalue weighted by Crippen LogP contribution is 2.31. The van der Waals surface area contributed by atoms with Crippen molar-refractivity contribution >= 4 is 0 Å². The Kier molecular flexibility index (Phi) is 6.71. The topological polar surface area (TPSA) is 44.5 Å². The first kappa shape index (κ1) is 15.8. The highest BCUT2D eigenvalue weighted by molar-refractivity contribution is 5.47. The molecule has 0 aliphatic carbocycles. The summed E-state index contributed by atoms with van der Waals surface area (Å²) >= 11 is 0. The van der Waals surface area contributed by atoms with Crippen molar-refractivity contribution in [3.05, 3.63) is 23.3 Å². The quantitative estimate of drug-likeness (QED) is 0.784. The zero-order valence-electron chi connectivity index (χ0n) is 12.7. The van der Waals surface area contributed by atoms with E-state index in [1.54, 1.807) is 14.2 Å². The molecule has 1 unspecified atom stereocenters. The Hall–Kier alpha value is -1.22. The monoisotopic (exact) mass is 265 g/mol. The predicted octanol–water partition coefficient (Wildman–Crippen LogP) is 3.33. The molecule has 3 nitrogen and oxygen atoms in total. The van der Waals surface area contributed by atoms with Gasteiger partial charge in [-0.05, 0) is 48.9 Å². The van der Waals surface area contributed by atoms with Crippen molar-refractivity contribution in [1.29, 1.82) is 0 Å². The van der Waals surface area contributed by atoms with E-state index in [1.165, 1.54) is 12.0 Å². The number of methoxy groups -OCH3 is 2. The number of unbranched alkanes of at least 4 members (excludes halogenated alkanes) is 1. The molecule has 0 aliphatic rings. The van der Waals surface area contributed by atoms with Gasteiger partial charge in [0, 0.05) is 6.04 Å². The summed E-state index contributed by atoms with van der Waals surface area (Å²) in [6, 6.07) is 4.35. The van der Waals surface area contributed by atoms with Gasteiger partial charge in [0.15, 0.2) is 0 Å². The summed E-state index contributed by atoms with van der Waals surface area (Å²) in [6.45, 7) is 4.29. The minimum atomic E-state index is 0.167. The van der Waals surface area contributed by atoms with Crippen LogP contribution in [0.2, 0.25) is 0 Å². The zero-order chi connectivity index (χ0) is 14.3. The van der Waals surface area contributed by atoms with Gasteiger partial charge >= 0.3 is 0 Å². The van der Waals surface area contributed by atoms with Gasteiger partial charge < -0.3 is 15.2 Å². The Labute approximate surface area is 117 Å². The smallest absolute Gasteiger partial charge is 0.122 e. The molecule has 0 aromatic heterocycles. The fourth-order valence-corrected chi connectivity index (χ4v) is 2.17. The lowest BCUT2D eigenvalue weighted by atomic mass is 9.99. The van der Waals surface area contributed by atoms with E-state index in [0.29, 0.717) is 0 Å². The van der Waals surface area contributed by atoms with E-state index in [2.05, 4.69) is 26.0 Å². The Balaban J connectivity index is 3.04. The van der Waals surface area contributed by atoms with E-state index in [9.17, 15) is 0 Å². The molecule has 1 aromatic rings. The lowest BCUT2D eigenvalue weighted by Crippen LogP contribution is -2.21. The molecular weight excluding hydrogens is 238 g/mol. The molecule has 0 fully saturated rings. The van der Waals surface area contributed by atoms with Crippen LogP contribution in [0.3, 0.4) is 0 Å². The Morgan fingerprint density at radius 3 is 2.16 bits per heavy atom. The van der Waals surface area contributed by atoms with Crippen molar-refractivity contribution in [3.8, 4) is 11.5 Å². The number of hydrogen-bond donors (Lipinski definition) is 1. The molecule has 2 N–H and O–H groups in total. The van der Waals surface area contributed by atoms with E-state index in [4.69, 9.17) is 15.2 Å². The van der Waals surface area contributed by atoms with Crippen LogP contribution >= 0.6 is 0 Å². The Bertz CT molecular complexity index is 391. The highest BCUT2D eigenvalue weighted by atomic mass is 16.5. The maximum Gasteiger partial charge on any atom is 0.122 e. The van der Waals surface area contributed by atoms with Crippen LogP contribution in [0.5, 0.6) is 11.5 Å². The summed E-state index contributed by atoms with van der Waals surface area (Å²) in [7, 11) is 3.44. The van der Waals surface area contributed by atoms with Gasteiger partial charge in [-0.15, -0.1) is 0 Å². The summed E-state index contributed by atoms with van der Waals surface area (Å²) in [5.41, 5.74) is 8.39. The molecule has 0 amide bonds. The Morgan fingerprint density at radius 2 is 1.63 bits per heavy atom. The van der Waals surface area contributed by atoms with Crippen LogP contribution in [0.25, 0.3) is 0 Å². The van der Waals surface area contributed by atoms with Crippen molar-refractivity contribution in [2.24, 2.45) is 5.73 Å².